The molecule has 136 valence electrons. The number of benzene rings is 1. The van der Waals surface area contributed by atoms with Crippen molar-refractivity contribution in [2.45, 2.75) is 37.8 Å². The first-order valence-electron chi connectivity index (χ1n) is 7.84. The summed E-state index contributed by atoms with van der Waals surface area (Å²) in [5.41, 5.74) is 0.632. The summed E-state index contributed by atoms with van der Waals surface area (Å²) < 4.78 is 31.1. The number of hydrogen-bond acceptors (Lipinski definition) is 4. The van der Waals surface area contributed by atoms with Crippen LogP contribution in [0.15, 0.2) is 34.2 Å². The van der Waals surface area contributed by atoms with Crippen molar-refractivity contribution in [2.75, 3.05) is 27.2 Å². The Morgan fingerprint density at radius 1 is 1.21 bits per heavy atom. The molecule has 0 aliphatic carbocycles. The molecule has 0 spiro atoms. The first-order chi connectivity index (χ1) is 11.2. The molecule has 0 aliphatic rings. The molecule has 0 heterocycles. The van der Waals surface area contributed by atoms with E-state index in [2.05, 4.69) is 20.3 Å². The van der Waals surface area contributed by atoms with Crippen LogP contribution >= 0.6 is 0 Å². The molecule has 0 saturated carbocycles. The Morgan fingerprint density at radius 3 is 2.33 bits per heavy atom. The Kier molecular flexibility index (Phi) is 7.65. The molecule has 0 bridgehead atoms. The summed E-state index contributed by atoms with van der Waals surface area (Å²) in [5, 5.41) is 6.41. The van der Waals surface area contributed by atoms with E-state index in [4.69, 9.17) is 4.74 Å². The van der Waals surface area contributed by atoms with Gasteiger partial charge in [0, 0.05) is 20.2 Å². The summed E-state index contributed by atoms with van der Waals surface area (Å²) in [6.45, 7) is 7.79. The number of guanidine groups is 1. The molecule has 0 aliphatic heterocycles. The summed E-state index contributed by atoms with van der Waals surface area (Å²) in [5.74, 6) is 0.689. The van der Waals surface area contributed by atoms with Gasteiger partial charge in [-0.25, -0.2) is 18.1 Å². The molecule has 0 unspecified atom stereocenters. The number of nitrogens with zero attached hydrogens (tertiary/aromatic N) is 1. The van der Waals surface area contributed by atoms with Gasteiger partial charge in [-0.3, -0.25) is 0 Å². The van der Waals surface area contributed by atoms with E-state index in [1.54, 1.807) is 31.4 Å². The van der Waals surface area contributed by atoms with Crippen LogP contribution in [0.5, 0.6) is 0 Å². The zero-order chi connectivity index (χ0) is 18.2. The highest BCUT2D eigenvalue weighted by Gasteiger charge is 2.16. The van der Waals surface area contributed by atoms with Crippen LogP contribution in [0.2, 0.25) is 0 Å². The number of nitrogens with one attached hydrogen (secondary N) is 3. The monoisotopic (exact) mass is 356 g/mol. The molecule has 7 nitrogen and oxygen atoms in total. The Hall–Kier alpha value is -1.64. The van der Waals surface area contributed by atoms with Crippen LogP contribution in [-0.2, 0) is 21.3 Å². The fourth-order valence-corrected chi connectivity index (χ4v) is 2.50. The minimum absolute atomic E-state index is 0.240. The lowest BCUT2D eigenvalue weighted by atomic mass is 10.1. The highest BCUT2D eigenvalue weighted by molar-refractivity contribution is 7.89. The van der Waals surface area contributed by atoms with Crippen molar-refractivity contribution < 1.29 is 13.2 Å². The SMILES string of the molecule is CCNC(=NCc1ccc(S(=O)(=O)NC)cc1)NCC(C)(C)OC. The minimum Gasteiger partial charge on any atom is -0.377 e. The van der Waals surface area contributed by atoms with Crippen molar-refractivity contribution in [3.05, 3.63) is 29.8 Å². The third-order valence-electron chi connectivity index (χ3n) is 3.50. The van der Waals surface area contributed by atoms with Gasteiger partial charge in [0.15, 0.2) is 5.96 Å². The first-order valence-corrected chi connectivity index (χ1v) is 9.32. The molecule has 1 rings (SSSR count). The van der Waals surface area contributed by atoms with Crippen LogP contribution in [0.1, 0.15) is 26.3 Å². The average molecular weight is 356 g/mol. The van der Waals surface area contributed by atoms with E-state index in [1.807, 2.05) is 20.8 Å². The largest absolute Gasteiger partial charge is 0.377 e. The number of methoxy groups -OCH3 is 1. The van der Waals surface area contributed by atoms with Crippen molar-refractivity contribution in [2.24, 2.45) is 4.99 Å². The maximum Gasteiger partial charge on any atom is 0.240 e. The summed E-state index contributed by atoms with van der Waals surface area (Å²) >= 11 is 0. The van der Waals surface area contributed by atoms with Crippen LogP contribution in [0.3, 0.4) is 0 Å². The first kappa shape index (κ1) is 20.4. The fourth-order valence-electron chi connectivity index (χ4n) is 1.77. The van der Waals surface area contributed by atoms with Gasteiger partial charge in [-0.05, 0) is 45.5 Å². The summed E-state index contributed by atoms with van der Waals surface area (Å²) in [6, 6.07) is 6.67. The van der Waals surface area contributed by atoms with E-state index in [0.717, 1.165) is 12.1 Å². The second-order valence-corrected chi connectivity index (χ2v) is 7.75. The Labute approximate surface area is 145 Å². The lowest BCUT2D eigenvalue weighted by Crippen LogP contribution is -2.45. The minimum atomic E-state index is -3.41. The molecule has 1 aromatic rings. The van der Waals surface area contributed by atoms with Gasteiger partial charge < -0.3 is 15.4 Å². The van der Waals surface area contributed by atoms with Crippen molar-refractivity contribution in [1.29, 1.82) is 0 Å². The number of ether oxygens (including phenoxy) is 1. The molecule has 0 saturated heterocycles. The molecule has 1 aromatic carbocycles. The van der Waals surface area contributed by atoms with Gasteiger partial charge in [0.2, 0.25) is 10.0 Å². The third kappa shape index (κ3) is 6.46. The van der Waals surface area contributed by atoms with Crippen molar-refractivity contribution in [3.63, 3.8) is 0 Å². The number of hydrogen-bond donors (Lipinski definition) is 3. The van der Waals surface area contributed by atoms with Gasteiger partial charge in [0.1, 0.15) is 0 Å². The van der Waals surface area contributed by atoms with Crippen LogP contribution in [0.4, 0.5) is 0 Å². The average Bonchev–Trinajstić information content (AvgIpc) is 2.57. The van der Waals surface area contributed by atoms with E-state index in [-0.39, 0.29) is 10.5 Å². The molecule has 3 N–H and O–H groups in total. The van der Waals surface area contributed by atoms with Crippen molar-refractivity contribution in [1.82, 2.24) is 15.4 Å². The molecular weight excluding hydrogens is 328 g/mol. The number of rotatable bonds is 8. The van der Waals surface area contributed by atoms with Crippen molar-refractivity contribution >= 4 is 16.0 Å². The van der Waals surface area contributed by atoms with Crippen molar-refractivity contribution in [3.8, 4) is 0 Å². The number of sulfonamides is 1. The zero-order valence-corrected chi connectivity index (χ0v) is 15.8. The van der Waals surface area contributed by atoms with Gasteiger partial charge in [-0.15, -0.1) is 0 Å². The Bertz CT molecular complexity index is 640. The van der Waals surface area contributed by atoms with E-state index in [9.17, 15) is 8.42 Å². The fraction of sp³-hybridized carbons (Fsp3) is 0.562. The molecule has 0 radical (unpaired) electrons. The molecular formula is C16H28N4O3S. The van der Waals surface area contributed by atoms with Crippen LogP contribution < -0.4 is 15.4 Å². The predicted octanol–water partition coefficient (Wildman–Crippen LogP) is 1.07. The van der Waals surface area contributed by atoms with E-state index < -0.39 is 10.0 Å². The van der Waals surface area contributed by atoms with Gasteiger partial charge in [-0.1, -0.05) is 12.1 Å². The van der Waals surface area contributed by atoms with E-state index in [0.29, 0.717) is 19.0 Å². The summed E-state index contributed by atoms with van der Waals surface area (Å²) in [6.07, 6.45) is 0. The highest BCUT2D eigenvalue weighted by atomic mass is 32.2. The van der Waals surface area contributed by atoms with Gasteiger partial charge >= 0.3 is 0 Å². The topological polar surface area (TPSA) is 91.8 Å². The molecule has 0 atom stereocenters. The van der Waals surface area contributed by atoms with Gasteiger partial charge in [-0.2, -0.15) is 0 Å². The molecule has 0 fully saturated rings. The quantitative estimate of drug-likeness (QED) is 0.479. The molecule has 8 heteroatoms. The molecule has 24 heavy (non-hydrogen) atoms. The smallest absolute Gasteiger partial charge is 0.240 e. The second kappa shape index (κ2) is 9.00. The maximum atomic E-state index is 11.7. The van der Waals surface area contributed by atoms with E-state index in [1.165, 1.54) is 7.05 Å². The Morgan fingerprint density at radius 2 is 1.83 bits per heavy atom. The standard InChI is InChI=1S/C16H28N4O3S/c1-6-18-15(20-12-16(2,3)23-5)19-11-13-7-9-14(10-8-13)24(21,22)17-4/h7-10,17H,6,11-12H2,1-5H3,(H2,18,19,20). The summed E-state index contributed by atoms with van der Waals surface area (Å²) in [4.78, 5) is 4.75. The van der Waals surface area contributed by atoms with Crippen LogP contribution in [0, 0.1) is 0 Å². The zero-order valence-electron chi connectivity index (χ0n) is 15.0. The Balaban J connectivity index is 2.76. The van der Waals surface area contributed by atoms with Crippen LogP contribution in [0.25, 0.3) is 0 Å². The predicted molar refractivity (Wildman–Crippen MR) is 96.6 cm³/mol. The van der Waals surface area contributed by atoms with Gasteiger partial charge in [0.25, 0.3) is 0 Å². The van der Waals surface area contributed by atoms with Crippen LogP contribution in [-0.4, -0.2) is 47.2 Å². The lowest BCUT2D eigenvalue weighted by molar-refractivity contribution is 0.0268. The second-order valence-electron chi connectivity index (χ2n) is 5.86. The normalized spacial score (nSPS) is 13.0. The van der Waals surface area contributed by atoms with Gasteiger partial charge in [0.05, 0.1) is 17.0 Å². The third-order valence-corrected chi connectivity index (χ3v) is 4.93. The lowest BCUT2D eigenvalue weighted by Gasteiger charge is -2.24. The molecule has 0 aromatic heterocycles. The highest BCUT2D eigenvalue weighted by Crippen LogP contribution is 2.11. The maximum absolute atomic E-state index is 11.7. The van der Waals surface area contributed by atoms with E-state index >= 15 is 0 Å². The summed E-state index contributed by atoms with van der Waals surface area (Å²) in [7, 11) is -0.342. The number of aliphatic imine (C=N–C) groups is 1. The molecule has 0 amide bonds.